The average Bonchev–Trinajstić information content (AvgIpc) is 2.45. The number of esters is 1. The minimum Gasteiger partial charge on any atom is -0.468 e. The van der Waals surface area contributed by atoms with Gasteiger partial charge in [-0.15, -0.1) is 11.8 Å². The largest absolute Gasteiger partial charge is 0.468 e. The molecule has 1 aromatic rings. The van der Waals surface area contributed by atoms with Crippen LogP contribution < -0.4 is 5.73 Å². The molecule has 0 radical (unpaired) electrons. The number of nitrogens with zero attached hydrogens (tertiary/aromatic N) is 1. The van der Waals surface area contributed by atoms with E-state index in [9.17, 15) is 4.79 Å². The minimum atomic E-state index is -1.06. The number of methoxy groups -OCH3 is 1. The molecule has 0 fully saturated rings. The van der Waals surface area contributed by atoms with E-state index in [0.29, 0.717) is 15.5 Å². The molecule has 1 aromatic carbocycles. The van der Waals surface area contributed by atoms with Crippen LogP contribution in [0.1, 0.15) is 19.4 Å². The predicted octanol–water partition coefficient (Wildman–Crippen LogP) is 3.34. The van der Waals surface area contributed by atoms with Crippen LogP contribution in [0.4, 0.5) is 0 Å². The molecule has 4 nitrogen and oxygen atoms in total. The fourth-order valence-corrected chi connectivity index (χ4v) is 3.30. The normalized spacial score (nSPS) is 14.6. The summed E-state index contributed by atoms with van der Waals surface area (Å²) in [5, 5.41) is 9.39. The molecule has 0 aromatic heterocycles. The van der Waals surface area contributed by atoms with Crippen LogP contribution >= 0.6 is 23.4 Å². The van der Waals surface area contributed by atoms with Gasteiger partial charge in [0.25, 0.3) is 0 Å². The Morgan fingerprint density at radius 2 is 2.24 bits per heavy atom. The summed E-state index contributed by atoms with van der Waals surface area (Å²) in [5.41, 5.74) is 5.45. The molecule has 0 spiro atoms. The van der Waals surface area contributed by atoms with Crippen LogP contribution in [0.5, 0.6) is 0 Å². The van der Waals surface area contributed by atoms with Gasteiger partial charge < -0.3 is 10.5 Å². The highest BCUT2D eigenvalue weighted by atomic mass is 35.5. The molecule has 1 rings (SSSR count). The first kappa shape index (κ1) is 17.4. The third-order valence-electron chi connectivity index (χ3n) is 3.46. The molecule has 0 bridgehead atoms. The molecule has 0 aliphatic heterocycles. The summed E-state index contributed by atoms with van der Waals surface area (Å²) in [6, 6.07) is 7.09. The topological polar surface area (TPSA) is 76.1 Å². The van der Waals surface area contributed by atoms with Gasteiger partial charge in [0.2, 0.25) is 0 Å². The van der Waals surface area contributed by atoms with Crippen molar-refractivity contribution in [3.05, 3.63) is 41.1 Å². The van der Waals surface area contributed by atoms with Crippen molar-refractivity contribution in [3.63, 3.8) is 0 Å². The average molecular weight is 325 g/mol. The lowest BCUT2D eigenvalue weighted by molar-refractivity contribution is -0.149. The first-order chi connectivity index (χ1) is 9.77. The Morgan fingerprint density at radius 1 is 1.62 bits per heavy atom. The van der Waals surface area contributed by atoms with Crippen LogP contribution in [0, 0.1) is 16.7 Å². The lowest BCUT2D eigenvalue weighted by Crippen LogP contribution is -2.41. The molecule has 0 aliphatic rings. The second-order valence-electron chi connectivity index (χ2n) is 4.73. The summed E-state index contributed by atoms with van der Waals surface area (Å²) in [6.45, 7) is 7.20. The van der Waals surface area contributed by atoms with Crippen molar-refractivity contribution >= 4 is 29.3 Å². The lowest BCUT2D eigenvalue weighted by Gasteiger charge is -2.32. The molecule has 2 atom stereocenters. The Morgan fingerprint density at radius 3 is 2.71 bits per heavy atom. The number of thioether (sulfide) groups is 1. The number of hydrogen-bond donors (Lipinski definition) is 1. The van der Waals surface area contributed by atoms with Gasteiger partial charge in [0.05, 0.1) is 12.7 Å². The number of rotatable bonds is 5. The van der Waals surface area contributed by atoms with Crippen molar-refractivity contribution in [3.8, 4) is 6.07 Å². The van der Waals surface area contributed by atoms with Crippen molar-refractivity contribution in [2.45, 2.75) is 24.0 Å². The van der Waals surface area contributed by atoms with E-state index in [1.807, 2.05) is 6.92 Å². The number of nitriles is 1. The van der Waals surface area contributed by atoms with Crippen molar-refractivity contribution in [1.29, 1.82) is 5.26 Å². The second-order valence-corrected chi connectivity index (χ2v) is 6.55. The molecule has 0 aliphatic carbocycles. The van der Waals surface area contributed by atoms with E-state index in [4.69, 9.17) is 27.3 Å². The van der Waals surface area contributed by atoms with Crippen LogP contribution in [0.3, 0.4) is 0 Å². The third-order valence-corrected chi connectivity index (χ3v) is 5.11. The van der Waals surface area contributed by atoms with Gasteiger partial charge in [-0.05, 0) is 25.1 Å². The number of hydrogen-bond acceptors (Lipinski definition) is 5. The molecule has 6 heteroatoms. The third kappa shape index (κ3) is 3.52. The van der Waals surface area contributed by atoms with Crippen LogP contribution in [-0.2, 0) is 9.53 Å². The van der Waals surface area contributed by atoms with Crippen LogP contribution in [-0.4, -0.2) is 18.3 Å². The monoisotopic (exact) mass is 324 g/mol. The molecule has 2 N–H and O–H groups in total. The Kier molecular flexibility index (Phi) is 5.70. The fraction of sp³-hybridized carbons (Fsp3) is 0.333. The van der Waals surface area contributed by atoms with Crippen molar-refractivity contribution < 1.29 is 9.53 Å². The quantitative estimate of drug-likeness (QED) is 0.664. The van der Waals surface area contributed by atoms with E-state index in [2.05, 4.69) is 12.6 Å². The lowest BCUT2D eigenvalue weighted by atomic mass is 9.84. The van der Waals surface area contributed by atoms with Crippen molar-refractivity contribution in [2.24, 2.45) is 11.1 Å². The summed E-state index contributed by atoms with van der Waals surface area (Å²) in [5.74, 6) is -0.462. The first-order valence-electron chi connectivity index (χ1n) is 6.17. The first-order valence-corrected chi connectivity index (χ1v) is 7.42. The zero-order valence-electron chi connectivity index (χ0n) is 12.1. The van der Waals surface area contributed by atoms with E-state index in [1.54, 1.807) is 25.1 Å². The fourth-order valence-electron chi connectivity index (χ4n) is 1.76. The standard InChI is InChI=1S/C15H17ClN2O2S/c1-9(18)15(3,14(19)20-4)10(2)21-13-7-12(16)6-5-11(13)8-17/h5-7,10H,1,18H2,2-4H3/t10-,15?/m1/s1. The second kappa shape index (κ2) is 6.88. The molecule has 112 valence electrons. The smallest absolute Gasteiger partial charge is 0.318 e. The van der Waals surface area contributed by atoms with Crippen molar-refractivity contribution in [2.75, 3.05) is 7.11 Å². The number of nitrogens with two attached hydrogens (primary N) is 1. The number of ether oxygens (including phenoxy) is 1. The Hall–Kier alpha value is -1.64. The summed E-state index contributed by atoms with van der Waals surface area (Å²) < 4.78 is 4.83. The van der Waals surface area contributed by atoms with E-state index in [0.717, 1.165) is 0 Å². The van der Waals surface area contributed by atoms with Gasteiger partial charge in [0.15, 0.2) is 0 Å². The SMILES string of the molecule is C=C(N)C(C)(C(=O)OC)[C@@H](C)Sc1cc(Cl)ccc1C#N. The molecule has 21 heavy (non-hydrogen) atoms. The maximum absolute atomic E-state index is 12.1. The number of benzene rings is 1. The van der Waals surface area contributed by atoms with Gasteiger partial charge in [-0.2, -0.15) is 5.26 Å². The highest BCUT2D eigenvalue weighted by Gasteiger charge is 2.42. The zero-order valence-corrected chi connectivity index (χ0v) is 13.7. The molecule has 0 heterocycles. The van der Waals surface area contributed by atoms with Crippen LogP contribution in [0.15, 0.2) is 35.4 Å². The Bertz CT molecular complexity index is 612. The summed E-state index contributed by atoms with van der Waals surface area (Å²) >= 11 is 7.31. The molecule has 0 saturated heterocycles. The van der Waals surface area contributed by atoms with Crippen LogP contribution in [0.25, 0.3) is 0 Å². The maximum atomic E-state index is 12.1. The molecular weight excluding hydrogens is 308 g/mol. The van der Waals surface area contributed by atoms with Gasteiger partial charge in [-0.25, -0.2) is 0 Å². The zero-order chi connectivity index (χ0) is 16.2. The van der Waals surface area contributed by atoms with Gasteiger partial charge in [-0.1, -0.05) is 25.1 Å². The predicted molar refractivity (Wildman–Crippen MR) is 84.9 cm³/mol. The number of carbonyl (C=O) groups excluding carboxylic acids is 1. The van der Waals surface area contributed by atoms with E-state index >= 15 is 0 Å². The number of halogens is 1. The van der Waals surface area contributed by atoms with Gasteiger partial charge in [-0.3, -0.25) is 4.79 Å². The van der Waals surface area contributed by atoms with E-state index < -0.39 is 11.4 Å². The van der Waals surface area contributed by atoms with Crippen LogP contribution in [0.2, 0.25) is 5.02 Å². The van der Waals surface area contributed by atoms with Gasteiger partial charge in [0.1, 0.15) is 11.5 Å². The maximum Gasteiger partial charge on any atom is 0.318 e. The molecule has 1 unspecified atom stereocenters. The van der Waals surface area contributed by atoms with Gasteiger partial charge >= 0.3 is 5.97 Å². The highest BCUT2D eigenvalue weighted by molar-refractivity contribution is 8.00. The molecular formula is C15H17ClN2O2S. The minimum absolute atomic E-state index is 0.217. The van der Waals surface area contributed by atoms with E-state index in [-0.39, 0.29) is 10.9 Å². The molecule has 0 saturated carbocycles. The summed E-state index contributed by atoms with van der Waals surface area (Å²) in [7, 11) is 1.31. The highest BCUT2D eigenvalue weighted by Crippen LogP contribution is 2.41. The summed E-state index contributed by atoms with van der Waals surface area (Å²) in [6.07, 6.45) is 0. The summed E-state index contributed by atoms with van der Waals surface area (Å²) in [4.78, 5) is 12.7. The van der Waals surface area contributed by atoms with E-state index in [1.165, 1.54) is 18.9 Å². The molecule has 0 amide bonds. The van der Waals surface area contributed by atoms with Crippen molar-refractivity contribution in [1.82, 2.24) is 0 Å². The number of carbonyl (C=O) groups is 1. The Labute approximate surface area is 133 Å². The Balaban J connectivity index is 3.17. The van der Waals surface area contributed by atoms with Gasteiger partial charge in [0, 0.05) is 20.9 Å².